The molecule has 84 valence electrons. The third-order valence-electron chi connectivity index (χ3n) is 4.53. The molecule has 16 heavy (non-hydrogen) atoms. The van der Waals surface area contributed by atoms with Crippen molar-refractivity contribution in [1.29, 1.82) is 0 Å². The van der Waals surface area contributed by atoms with Gasteiger partial charge in [0.25, 0.3) is 0 Å². The standard InChI is InChI=1S/C15H18O/c1-3-10-14-12-7-5-4-6-11(12)9(2)8-13(14)15(10)16/h4-7,9-10,13-14H,3,8H2,1-2H3. The van der Waals surface area contributed by atoms with Gasteiger partial charge in [-0.25, -0.2) is 0 Å². The van der Waals surface area contributed by atoms with Gasteiger partial charge in [-0.3, -0.25) is 4.79 Å². The van der Waals surface area contributed by atoms with Gasteiger partial charge in [-0.2, -0.15) is 0 Å². The molecule has 2 aliphatic rings. The van der Waals surface area contributed by atoms with Crippen molar-refractivity contribution in [3.05, 3.63) is 35.4 Å². The number of rotatable bonds is 1. The quantitative estimate of drug-likeness (QED) is 0.699. The summed E-state index contributed by atoms with van der Waals surface area (Å²) in [5.74, 6) is 2.24. The number of fused-ring (bicyclic) bond motifs is 3. The molecule has 1 nitrogen and oxygen atoms in total. The van der Waals surface area contributed by atoms with Crippen LogP contribution in [0.3, 0.4) is 0 Å². The maximum atomic E-state index is 12.0. The van der Waals surface area contributed by atoms with Crippen molar-refractivity contribution < 1.29 is 4.79 Å². The molecule has 0 amide bonds. The highest BCUT2D eigenvalue weighted by Crippen LogP contribution is 2.55. The zero-order chi connectivity index (χ0) is 11.3. The minimum Gasteiger partial charge on any atom is -0.299 e. The number of benzene rings is 1. The number of hydrogen-bond donors (Lipinski definition) is 0. The third kappa shape index (κ3) is 1.15. The van der Waals surface area contributed by atoms with E-state index in [0.29, 0.717) is 29.5 Å². The Hall–Kier alpha value is -1.11. The highest BCUT2D eigenvalue weighted by atomic mass is 16.1. The van der Waals surface area contributed by atoms with Crippen LogP contribution < -0.4 is 0 Å². The molecule has 4 atom stereocenters. The summed E-state index contributed by atoms with van der Waals surface area (Å²) in [5.41, 5.74) is 2.94. The second kappa shape index (κ2) is 3.44. The lowest BCUT2D eigenvalue weighted by molar-refractivity contribution is -0.139. The second-order valence-electron chi connectivity index (χ2n) is 5.32. The van der Waals surface area contributed by atoms with Crippen molar-refractivity contribution >= 4 is 5.78 Å². The first-order valence-corrected chi connectivity index (χ1v) is 6.36. The largest absolute Gasteiger partial charge is 0.299 e. The van der Waals surface area contributed by atoms with Crippen LogP contribution in [0.4, 0.5) is 0 Å². The molecular formula is C15H18O. The number of hydrogen-bond acceptors (Lipinski definition) is 1. The van der Waals surface area contributed by atoms with Crippen LogP contribution >= 0.6 is 0 Å². The Labute approximate surface area is 96.9 Å². The van der Waals surface area contributed by atoms with Crippen molar-refractivity contribution in [3.8, 4) is 0 Å². The topological polar surface area (TPSA) is 17.1 Å². The van der Waals surface area contributed by atoms with Crippen molar-refractivity contribution in [2.24, 2.45) is 11.8 Å². The fourth-order valence-corrected chi connectivity index (χ4v) is 3.71. The molecule has 1 aromatic carbocycles. The number of carbonyl (C=O) groups excluding carboxylic acids is 1. The molecule has 0 saturated heterocycles. The SMILES string of the molecule is CCC1C(=O)C2CC(C)c3ccccc3C12. The van der Waals surface area contributed by atoms with Gasteiger partial charge in [0.15, 0.2) is 0 Å². The van der Waals surface area contributed by atoms with Crippen LogP contribution in [-0.2, 0) is 4.79 Å². The Morgan fingerprint density at radius 1 is 1.25 bits per heavy atom. The molecule has 1 saturated carbocycles. The maximum absolute atomic E-state index is 12.0. The minimum absolute atomic E-state index is 0.304. The zero-order valence-electron chi connectivity index (χ0n) is 9.94. The van der Waals surface area contributed by atoms with E-state index in [0.717, 1.165) is 12.8 Å². The third-order valence-corrected chi connectivity index (χ3v) is 4.53. The molecule has 2 aliphatic carbocycles. The Morgan fingerprint density at radius 2 is 1.94 bits per heavy atom. The maximum Gasteiger partial charge on any atom is 0.140 e. The fraction of sp³-hybridized carbons (Fsp3) is 0.533. The van der Waals surface area contributed by atoms with Crippen molar-refractivity contribution in [3.63, 3.8) is 0 Å². The summed E-state index contributed by atoms with van der Waals surface area (Å²) in [7, 11) is 0. The van der Waals surface area contributed by atoms with Gasteiger partial charge in [-0.1, -0.05) is 38.1 Å². The highest BCUT2D eigenvalue weighted by molar-refractivity contribution is 5.92. The lowest BCUT2D eigenvalue weighted by Crippen LogP contribution is -2.48. The number of ketones is 1. The molecule has 0 radical (unpaired) electrons. The molecule has 0 aliphatic heterocycles. The highest BCUT2D eigenvalue weighted by Gasteiger charge is 2.52. The van der Waals surface area contributed by atoms with Crippen LogP contribution in [0.5, 0.6) is 0 Å². The predicted molar refractivity (Wildman–Crippen MR) is 64.5 cm³/mol. The zero-order valence-corrected chi connectivity index (χ0v) is 9.94. The Kier molecular flexibility index (Phi) is 2.17. The molecule has 0 aromatic heterocycles. The second-order valence-corrected chi connectivity index (χ2v) is 5.32. The van der Waals surface area contributed by atoms with E-state index >= 15 is 0 Å². The van der Waals surface area contributed by atoms with Crippen LogP contribution in [0.2, 0.25) is 0 Å². The van der Waals surface area contributed by atoms with Crippen LogP contribution in [0.1, 0.15) is 49.7 Å². The summed E-state index contributed by atoms with van der Waals surface area (Å²) in [6, 6.07) is 8.71. The van der Waals surface area contributed by atoms with Crippen LogP contribution in [0, 0.1) is 11.8 Å². The normalized spacial score (nSPS) is 36.2. The Balaban J connectivity index is 2.06. The fourth-order valence-electron chi connectivity index (χ4n) is 3.71. The van der Waals surface area contributed by atoms with Gasteiger partial charge in [0, 0.05) is 17.8 Å². The van der Waals surface area contributed by atoms with E-state index in [1.165, 1.54) is 11.1 Å². The summed E-state index contributed by atoms with van der Waals surface area (Å²) < 4.78 is 0. The van der Waals surface area contributed by atoms with Gasteiger partial charge in [0.1, 0.15) is 5.78 Å². The number of carbonyl (C=O) groups is 1. The average molecular weight is 214 g/mol. The first-order chi connectivity index (χ1) is 7.74. The molecule has 4 unspecified atom stereocenters. The Morgan fingerprint density at radius 3 is 2.62 bits per heavy atom. The molecule has 0 spiro atoms. The van der Waals surface area contributed by atoms with Gasteiger partial charge in [-0.15, -0.1) is 0 Å². The molecule has 0 bridgehead atoms. The van der Waals surface area contributed by atoms with Crippen LogP contribution in [-0.4, -0.2) is 5.78 Å². The van der Waals surface area contributed by atoms with E-state index in [1.807, 2.05) is 0 Å². The van der Waals surface area contributed by atoms with Crippen molar-refractivity contribution in [1.82, 2.24) is 0 Å². The summed E-state index contributed by atoms with van der Waals surface area (Å²) >= 11 is 0. The lowest BCUT2D eigenvalue weighted by atomic mass is 9.53. The van der Waals surface area contributed by atoms with E-state index in [2.05, 4.69) is 38.1 Å². The van der Waals surface area contributed by atoms with Crippen LogP contribution in [0.25, 0.3) is 0 Å². The molecule has 0 N–H and O–H groups in total. The number of Topliss-reactive ketones (excluding diaryl/α,β-unsaturated/α-hetero) is 1. The average Bonchev–Trinajstić information content (AvgIpc) is 2.32. The van der Waals surface area contributed by atoms with Crippen LogP contribution in [0.15, 0.2) is 24.3 Å². The first kappa shape index (κ1) is 10.1. The van der Waals surface area contributed by atoms with Crippen molar-refractivity contribution in [2.45, 2.75) is 38.5 Å². The molecule has 1 fully saturated rings. The first-order valence-electron chi connectivity index (χ1n) is 6.36. The monoisotopic (exact) mass is 214 g/mol. The van der Waals surface area contributed by atoms with Gasteiger partial charge >= 0.3 is 0 Å². The summed E-state index contributed by atoms with van der Waals surface area (Å²) in [4.78, 5) is 12.0. The minimum atomic E-state index is 0.304. The Bertz CT molecular complexity index is 435. The molecule has 3 rings (SSSR count). The van der Waals surface area contributed by atoms with E-state index < -0.39 is 0 Å². The van der Waals surface area contributed by atoms with Gasteiger partial charge in [0.2, 0.25) is 0 Å². The molecule has 1 aromatic rings. The van der Waals surface area contributed by atoms with E-state index in [-0.39, 0.29) is 0 Å². The molecule has 1 heteroatoms. The predicted octanol–water partition coefficient (Wildman–Crippen LogP) is 3.50. The summed E-state index contributed by atoms with van der Waals surface area (Å²) in [6.45, 7) is 4.39. The van der Waals surface area contributed by atoms with E-state index in [1.54, 1.807) is 0 Å². The summed E-state index contributed by atoms with van der Waals surface area (Å²) in [6.07, 6.45) is 2.07. The molecular weight excluding hydrogens is 196 g/mol. The van der Waals surface area contributed by atoms with E-state index in [4.69, 9.17) is 0 Å². The lowest BCUT2D eigenvalue weighted by Gasteiger charge is -2.48. The van der Waals surface area contributed by atoms with Gasteiger partial charge < -0.3 is 0 Å². The van der Waals surface area contributed by atoms with Gasteiger partial charge in [-0.05, 0) is 29.9 Å². The van der Waals surface area contributed by atoms with Crippen molar-refractivity contribution in [2.75, 3.05) is 0 Å². The smallest absolute Gasteiger partial charge is 0.140 e. The van der Waals surface area contributed by atoms with E-state index in [9.17, 15) is 4.79 Å². The summed E-state index contributed by atoms with van der Waals surface area (Å²) in [5, 5.41) is 0. The van der Waals surface area contributed by atoms with Gasteiger partial charge in [0.05, 0.1) is 0 Å². The molecule has 0 heterocycles.